The molecule has 404 valence electrons. The van der Waals surface area contributed by atoms with Crippen molar-refractivity contribution in [3.05, 3.63) is 144 Å². The van der Waals surface area contributed by atoms with Gasteiger partial charge in [0.05, 0.1) is 0 Å². The Hall–Kier alpha value is -7.60. The zero-order valence-corrected chi connectivity index (χ0v) is 47.4. The second-order valence-electron chi connectivity index (χ2n) is 25.5. The van der Waals surface area contributed by atoms with Gasteiger partial charge in [-0.1, -0.05) is 76.2 Å². The number of hydrogen-bond acceptors (Lipinski definition) is 12. The first-order valence-corrected chi connectivity index (χ1v) is 26.1. The van der Waals surface area contributed by atoms with Crippen LogP contribution in [0.25, 0.3) is 44.5 Å². The molecule has 0 saturated heterocycles. The lowest BCUT2D eigenvalue weighted by Gasteiger charge is -2.31. The van der Waals surface area contributed by atoms with Gasteiger partial charge in [0, 0.05) is 5.41 Å². The average molecular weight is 1050 g/mol. The minimum absolute atomic E-state index is 0.297. The Bertz CT molecular complexity index is 2990. The van der Waals surface area contributed by atoms with E-state index in [0.717, 1.165) is 57.3 Å². The molecule has 0 heterocycles. The van der Waals surface area contributed by atoms with Crippen molar-refractivity contribution in [2.24, 2.45) is 0 Å². The normalized spacial score (nSPS) is 15.2. The number of fused-ring (bicyclic) bond motifs is 4. The van der Waals surface area contributed by atoms with E-state index < -0.39 is 52.4 Å². The van der Waals surface area contributed by atoms with Crippen molar-refractivity contribution < 1.29 is 57.1 Å². The van der Waals surface area contributed by atoms with Gasteiger partial charge >= 0.3 is 24.6 Å². The van der Waals surface area contributed by atoms with Crippen LogP contribution in [0.1, 0.15) is 146 Å². The maximum absolute atomic E-state index is 12.7. The lowest BCUT2D eigenvalue weighted by atomic mass is 9.71. The second kappa shape index (κ2) is 20.1. The molecule has 12 heteroatoms. The Labute approximate surface area is 453 Å². The lowest BCUT2D eigenvalue weighted by molar-refractivity contribution is 0.0193. The third kappa shape index (κ3) is 13.0. The van der Waals surface area contributed by atoms with E-state index in [0.29, 0.717) is 23.0 Å². The van der Waals surface area contributed by atoms with Crippen molar-refractivity contribution in [2.45, 2.75) is 162 Å². The number of carbonyl (C=O) groups is 4. The van der Waals surface area contributed by atoms with Gasteiger partial charge in [0.1, 0.15) is 45.4 Å². The number of carbonyl (C=O) groups excluding carboxylic acids is 4. The van der Waals surface area contributed by atoms with E-state index >= 15 is 0 Å². The maximum Gasteiger partial charge on any atom is 0.514 e. The minimum Gasteiger partial charge on any atom is -0.428 e. The molecule has 0 bridgehead atoms. The van der Waals surface area contributed by atoms with Crippen LogP contribution in [0.2, 0.25) is 0 Å². The van der Waals surface area contributed by atoms with Crippen LogP contribution in [0.4, 0.5) is 19.2 Å². The fraction of sp³-hybridized carbons (Fsp3) is 0.385. The Morgan fingerprint density at radius 2 is 0.519 bits per heavy atom. The van der Waals surface area contributed by atoms with E-state index in [-0.39, 0.29) is 10.8 Å². The Balaban J connectivity index is 1.28. The van der Waals surface area contributed by atoms with Crippen LogP contribution in [0.3, 0.4) is 0 Å². The Kier molecular flexibility index (Phi) is 14.5. The average Bonchev–Trinajstić information content (AvgIpc) is 3.78. The molecule has 0 aromatic heterocycles. The summed E-state index contributed by atoms with van der Waals surface area (Å²) in [5, 5.41) is 0. The minimum atomic E-state index is -0.791. The first kappa shape index (κ1) is 55.6. The summed E-state index contributed by atoms with van der Waals surface area (Å²) in [7, 11) is 0. The van der Waals surface area contributed by atoms with Gasteiger partial charge in [-0.2, -0.15) is 0 Å². The Morgan fingerprint density at radius 3 is 0.714 bits per heavy atom. The molecule has 0 fully saturated rings. The zero-order chi connectivity index (χ0) is 56.3. The summed E-state index contributed by atoms with van der Waals surface area (Å²) in [5.41, 5.74) is 8.42. The highest BCUT2D eigenvalue weighted by Crippen LogP contribution is 2.65. The molecule has 0 amide bonds. The number of ether oxygens (including phenoxy) is 8. The van der Waals surface area contributed by atoms with Crippen molar-refractivity contribution in [3.8, 4) is 67.5 Å². The SMILES string of the molecule is CC(C)(C)OC(=O)Oc1ccc(-c2cc3c(cc2-c2ccc(OC(=O)OC(C)(C)C)cc2)C2(CC3(C)C)CC(C)(C)c3cc(-c4ccc(OC(=O)OC(C)(C)C)cc4)c(-c4ccc(OC(=O)OC(C)(C)C)cc4)cc32)cc1. The highest BCUT2D eigenvalue weighted by molar-refractivity contribution is 5.89. The molecule has 8 rings (SSSR count). The van der Waals surface area contributed by atoms with E-state index in [9.17, 15) is 19.2 Å². The summed E-state index contributed by atoms with van der Waals surface area (Å²) in [6, 6.07) is 39.1. The van der Waals surface area contributed by atoms with Gasteiger partial charge in [-0.05, 0) is 246 Å². The highest BCUT2D eigenvalue weighted by atomic mass is 16.7. The molecule has 0 atom stereocenters. The quantitative estimate of drug-likeness (QED) is 0.0813. The van der Waals surface area contributed by atoms with Gasteiger partial charge in [0.15, 0.2) is 0 Å². The van der Waals surface area contributed by atoms with Gasteiger partial charge in [0.25, 0.3) is 0 Å². The molecular formula is C65H72O12. The molecule has 6 aromatic carbocycles. The molecule has 2 aliphatic carbocycles. The standard InChI is InChI=1S/C65H72O12/c1-59(2,3)74-55(66)70-43-25-17-39(18-26-43)47-33-51-53(35-49(47)41-21-29-45(30-22-41)72-57(68)76-61(7,8)9)65(37-63(51,13)14)38-64(15,16)52-34-48(40-19-27-44(28-20-40)71-56(67)75-60(4,5)6)50(36-54(52)65)42-23-31-46(32-24-42)73-58(69)77-62(10,11)12/h17-36H,37-38H2,1-16H3. The van der Waals surface area contributed by atoms with Crippen molar-refractivity contribution in [2.75, 3.05) is 0 Å². The summed E-state index contributed by atoms with van der Waals surface area (Å²) < 4.78 is 44.1. The summed E-state index contributed by atoms with van der Waals surface area (Å²) in [5.74, 6) is 1.39. The van der Waals surface area contributed by atoms with E-state index in [1.165, 1.54) is 22.3 Å². The molecule has 6 aromatic rings. The second-order valence-corrected chi connectivity index (χ2v) is 25.5. The molecule has 77 heavy (non-hydrogen) atoms. The lowest BCUT2D eigenvalue weighted by Crippen LogP contribution is -2.27. The van der Waals surface area contributed by atoms with Crippen molar-refractivity contribution in [3.63, 3.8) is 0 Å². The monoisotopic (exact) mass is 1040 g/mol. The molecular weight excluding hydrogens is 973 g/mol. The molecule has 0 N–H and O–H groups in total. The zero-order valence-electron chi connectivity index (χ0n) is 47.4. The van der Waals surface area contributed by atoms with Crippen LogP contribution in [-0.4, -0.2) is 47.0 Å². The fourth-order valence-corrected chi connectivity index (χ4v) is 10.6. The third-order valence-electron chi connectivity index (χ3n) is 13.3. The first-order valence-electron chi connectivity index (χ1n) is 26.1. The molecule has 12 nitrogen and oxygen atoms in total. The molecule has 0 radical (unpaired) electrons. The van der Waals surface area contributed by atoms with Crippen molar-refractivity contribution in [1.29, 1.82) is 0 Å². The van der Waals surface area contributed by atoms with Crippen molar-refractivity contribution in [1.82, 2.24) is 0 Å². The van der Waals surface area contributed by atoms with Gasteiger partial charge in [-0.15, -0.1) is 0 Å². The molecule has 2 aliphatic rings. The number of benzene rings is 6. The summed E-state index contributed by atoms with van der Waals surface area (Å²) in [6.07, 6.45) is -1.52. The van der Waals surface area contributed by atoms with E-state index in [2.05, 4.69) is 52.0 Å². The first-order chi connectivity index (χ1) is 35.7. The smallest absolute Gasteiger partial charge is 0.428 e. The largest absolute Gasteiger partial charge is 0.514 e. The molecule has 1 spiro atoms. The van der Waals surface area contributed by atoms with Gasteiger partial charge in [0.2, 0.25) is 0 Å². The van der Waals surface area contributed by atoms with Gasteiger partial charge in [-0.25, -0.2) is 19.2 Å². The van der Waals surface area contributed by atoms with Crippen LogP contribution in [0.5, 0.6) is 23.0 Å². The van der Waals surface area contributed by atoms with E-state index in [1.807, 2.05) is 48.5 Å². The third-order valence-corrected chi connectivity index (χ3v) is 13.3. The van der Waals surface area contributed by atoms with Crippen LogP contribution in [0, 0.1) is 0 Å². The van der Waals surface area contributed by atoms with Crippen molar-refractivity contribution >= 4 is 24.6 Å². The Morgan fingerprint density at radius 1 is 0.325 bits per heavy atom. The fourth-order valence-electron chi connectivity index (χ4n) is 10.6. The number of hydrogen-bond donors (Lipinski definition) is 0. The van der Waals surface area contributed by atoms with Crippen LogP contribution in [0.15, 0.2) is 121 Å². The molecule has 0 unspecified atom stereocenters. The molecule has 0 saturated carbocycles. The van der Waals surface area contributed by atoms with Crippen LogP contribution < -0.4 is 18.9 Å². The topological polar surface area (TPSA) is 142 Å². The van der Waals surface area contributed by atoms with Gasteiger partial charge < -0.3 is 37.9 Å². The van der Waals surface area contributed by atoms with Gasteiger partial charge in [-0.3, -0.25) is 0 Å². The van der Waals surface area contributed by atoms with Crippen LogP contribution >= 0.6 is 0 Å². The summed E-state index contributed by atoms with van der Waals surface area (Å²) in [6.45, 7) is 30.7. The summed E-state index contributed by atoms with van der Waals surface area (Å²) in [4.78, 5) is 50.8. The highest BCUT2D eigenvalue weighted by Gasteiger charge is 2.57. The predicted molar refractivity (Wildman–Crippen MR) is 298 cm³/mol. The number of rotatable bonds is 8. The molecule has 0 aliphatic heterocycles. The predicted octanol–water partition coefficient (Wildman–Crippen LogP) is 17.3. The van der Waals surface area contributed by atoms with E-state index in [4.69, 9.17) is 37.9 Å². The maximum atomic E-state index is 12.7. The van der Waals surface area contributed by atoms with Crippen LogP contribution in [-0.2, 0) is 35.2 Å². The van der Waals surface area contributed by atoms with E-state index in [1.54, 1.807) is 132 Å². The summed E-state index contributed by atoms with van der Waals surface area (Å²) >= 11 is 0.